The molecule has 2 aromatic carbocycles. The van der Waals surface area contributed by atoms with Crippen LogP contribution in [0.1, 0.15) is 39.7 Å². The fourth-order valence-corrected chi connectivity index (χ4v) is 5.72. The maximum atomic E-state index is 14.2. The molecule has 0 N–H and O–H groups in total. The number of hydrogen-bond donors (Lipinski definition) is 0. The van der Waals surface area contributed by atoms with Crippen molar-refractivity contribution >= 4 is 23.2 Å². The van der Waals surface area contributed by atoms with Gasteiger partial charge in [0.15, 0.2) is 23.1 Å². The number of carbonyl (C=O) groups excluding carboxylic acids is 2. The Morgan fingerprint density at radius 2 is 1.94 bits per heavy atom. The molecule has 6 rings (SSSR count). The van der Waals surface area contributed by atoms with E-state index in [4.69, 9.17) is 14.2 Å². The molecule has 36 heavy (non-hydrogen) atoms. The number of para-hydroxylation sites is 1. The van der Waals surface area contributed by atoms with Crippen LogP contribution >= 0.6 is 11.3 Å². The third-order valence-corrected chi connectivity index (χ3v) is 7.82. The summed E-state index contributed by atoms with van der Waals surface area (Å²) in [6.07, 6.45) is 2.49. The zero-order valence-corrected chi connectivity index (χ0v) is 20.3. The molecule has 2 aliphatic heterocycles. The van der Waals surface area contributed by atoms with Crippen molar-refractivity contribution in [1.29, 1.82) is 0 Å². The number of rotatable bonds is 7. The second kappa shape index (κ2) is 9.46. The van der Waals surface area contributed by atoms with Gasteiger partial charge in [-0.15, -0.1) is 11.3 Å². The molecular formula is C27H25FN2O5S. The molecule has 1 saturated carbocycles. The SMILES string of the molecule is O=C(c1ccc2c(c1)OCO2)N(CC(=O)N1CCc2sccc2[C@@H]1COc1ccccc1F)C1CC1. The highest BCUT2D eigenvalue weighted by Crippen LogP contribution is 2.36. The van der Waals surface area contributed by atoms with E-state index in [0.29, 0.717) is 23.6 Å². The molecule has 1 atom stereocenters. The smallest absolute Gasteiger partial charge is 0.254 e. The Morgan fingerprint density at radius 1 is 1.11 bits per heavy atom. The third kappa shape index (κ3) is 4.39. The number of fused-ring (bicyclic) bond motifs is 2. The summed E-state index contributed by atoms with van der Waals surface area (Å²) < 4.78 is 30.8. The molecule has 0 radical (unpaired) electrons. The zero-order chi connectivity index (χ0) is 24.6. The Labute approximate surface area is 212 Å². The van der Waals surface area contributed by atoms with Crippen LogP contribution in [0, 0.1) is 5.82 Å². The van der Waals surface area contributed by atoms with E-state index >= 15 is 0 Å². The number of hydrogen-bond acceptors (Lipinski definition) is 6. The van der Waals surface area contributed by atoms with E-state index in [2.05, 4.69) is 0 Å². The fraction of sp³-hybridized carbons (Fsp3) is 0.333. The van der Waals surface area contributed by atoms with Gasteiger partial charge in [0, 0.05) is 23.0 Å². The van der Waals surface area contributed by atoms with Crippen molar-refractivity contribution in [1.82, 2.24) is 9.80 Å². The van der Waals surface area contributed by atoms with Crippen LogP contribution in [-0.2, 0) is 11.2 Å². The van der Waals surface area contributed by atoms with Crippen molar-refractivity contribution in [3.05, 3.63) is 75.7 Å². The summed E-state index contributed by atoms with van der Waals surface area (Å²) in [6, 6.07) is 13.1. The maximum absolute atomic E-state index is 14.2. The minimum atomic E-state index is -0.439. The van der Waals surface area contributed by atoms with Crippen LogP contribution in [0.25, 0.3) is 0 Å². The first kappa shape index (κ1) is 22.8. The van der Waals surface area contributed by atoms with Crippen LogP contribution in [-0.4, -0.2) is 54.1 Å². The van der Waals surface area contributed by atoms with Crippen molar-refractivity contribution in [3.63, 3.8) is 0 Å². The molecule has 1 aliphatic carbocycles. The van der Waals surface area contributed by atoms with Gasteiger partial charge in [-0.05, 0) is 66.6 Å². The van der Waals surface area contributed by atoms with E-state index in [-0.39, 0.29) is 49.6 Å². The predicted octanol–water partition coefficient (Wildman–Crippen LogP) is 4.43. The van der Waals surface area contributed by atoms with Gasteiger partial charge in [0.1, 0.15) is 13.2 Å². The highest BCUT2D eigenvalue weighted by molar-refractivity contribution is 7.10. The Morgan fingerprint density at radius 3 is 2.78 bits per heavy atom. The minimum Gasteiger partial charge on any atom is -0.488 e. The molecule has 7 nitrogen and oxygen atoms in total. The van der Waals surface area contributed by atoms with Gasteiger partial charge in [0.25, 0.3) is 5.91 Å². The van der Waals surface area contributed by atoms with Gasteiger partial charge in [0.05, 0.1) is 6.04 Å². The molecule has 186 valence electrons. The van der Waals surface area contributed by atoms with Gasteiger partial charge in [-0.1, -0.05) is 12.1 Å². The Balaban J connectivity index is 1.21. The molecule has 0 bridgehead atoms. The molecule has 0 unspecified atom stereocenters. The third-order valence-electron chi connectivity index (χ3n) is 6.82. The number of carbonyl (C=O) groups is 2. The van der Waals surface area contributed by atoms with Gasteiger partial charge < -0.3 is 24.0 Å². The fourth-order valence-electron chi connectivity index (χ4n) is 4.79. The van der Waals surface area contributed by atoms with Crippen molar-refractivity contribution < 1.29 is 28.2 Å². The van der Waals surface area contributed by atoms with Crippen LogP contribution in [0.3, 0.4) is 0 Å². The molecule has 3 aromatic rings. The first-order valence-corrected chi connectivity index (χ1v) is 12.9. The van der Waals surface area contributed by atoms with Crippen molar-refractivity contribution in [2.24, 2.45) is 0 Å². The lowest BCUT2D eigenvalue weighted by molar-refractivity contribution is -0.135. The highest BCUT2D eigenvalue weighted by Gasteiger charge is 2.38. The van der Waals surface area contributed by atoms with Gasteiger partial charge in [0.2, 0.25) is 12.7 Å². The lowest BCUT2D eigenvalue weighted by Gasteiger charge is -2.37. The number of thiophene rings is 1. The molecule has 0 spiro atoms. The molecule has 2 amide bonds. The van der Waals surface area contributed by atoms with E-state index in [0.717, 1.165) is 24.8 Å². The zero-order valence-electron chi connectivity index (χ0n) is 19.5. The second-order valence-electron chi connectivity index (χ2n) is 9.13. The average Bonchev–Trinajstić information content (AvgIpc) is 3.42. The lowest BCUT2D eigenvalue weighted by atomic mass is 10.0. The van der Waals surface area contributed by atoms with E-state index in [1.165, 1.54) is 10.9 Å². The molecular weight excluding hydrogens is 483 g/mol. The highest BCUT2D eigenvalue weighted by atomic mass is 32.1. The number of ether oxygens (including phenoxy) is 3. The molecule has 3 aliphatic rings. The summed E-state index contributed by atoms with van der Waals surface area (Å²) in [6.45, 7) is 0.769. The number of halogens is 1. The predicted molar refractivity (Wildman–Crippen MR) is 131 cm³/mol. The van der Waals surface area contributed by atoms with Gasteiger partial charge in [-0.3, -0.25) is 9.59 Å². The minimum absolute atomic E-state index is 0.0202. The molecule has 9 heteroatoms. The van der Waals surface area contributed by atoms with Crippen LogP contribution in [0.15, 0.2) is 53.9 Å². The number of nitrogens with zero attached hydrogens (tertiary/aromatic N) is 2. The van der Waals surface area contributed by atoms with E-state index in [1.807, 2.05) is 11.4 Å². The summed E-state index contributed by atoms with van der Waals surface area (Å²) in [5.74, 6) is 0.523. The van der Waals surface area contributed by atoms with Crippen LogP contribution < -0.4 is 14.2 Å². The van der Waals surface area contributed by atoms with Crippen LogP contribution in [0.4, 0.5) is 4.39 Å². The topological polar surface area (TPSA) is 68.3 Å². The van der Waals surface area contributed by atoms with Crippen molar-refractivity contribution in [3.8, 4) is 17.2 Å². The van der Waals surface area contributed by atoms with Crippen LogP contribution in [0.2, 0.25) is 0 Å². The first-order valence-electron chi connectivity index (χ1n) is 12.0. The average molecular weight is 509 g/mol. The van der Waals surface area contributed by atoms with Gasteiger partial charge in [-0.2, -0.15) is 0 Å². The summed E-state index contributed by atoms with van der Waals surface area (Å²) >= 11 is 1.65. The summed E-state index contributed by atoms with van der Waals surface area (Å²) in [5.41, 5.74) is 1.49. The van der Waals surface area contributed by atoms with E-state index in [9.17, 15) is 14.0 Å². The normalized spacial score (nSPS) is 18.0. The Kier molecular flexibility index (Phi) is 6.00. The Bertz CT molecular complexity index is 1310. The van der Waals surface area contributed by atoms with Gasteiger partial charge >= 0.3 is 0 Å². The second-order valence-corrected chi connectivity index (χ2v) is 10.1. The Hall–Kier alpha value is -3.59. The molecule has 1 fully saturated rings. The molecule has 1 aromatic heterocycles. The summed E-state index contributed by atoms with van der Waals surface area (Å²) in [4.78, 5) is 31.7. The van der Waals surface area contributed by atoms with E-state index < -0.39 is 5.82 Å². The largest absolute Gasteiger partial charge is 0.488 e. The van der Waals surface area contributed by atoms with Crippen molar-refractivity contribution in [2.45, 2.75) is 31.3 Å². The number of amides is 2. The quantitative estimate of drug-likeness (QED) is 0.473. The van der Waals surface area contributed by atoms with Crippen LogP contribution in [0.5, 0.6) is 17.2 Å². The number of benzene rings is 2. The molecule has 0 saturated heterocycles. The lowest BCUT2D eigenvalue weighted by Crippen LogP contribution is -2.48. The van der Waals surface area contributed by atoms with E-state index in [1.54, 1.807) is 57.5 Å². The summed E-state index contributed by atoms with van der Waals surface area (Å²) in [5, 5.41) is 2.01. The molecule has 3 heterocycles. The first-order chi connectivity index (χ1) is 17.6. The van der Waals surface area contributed by atoms with Crippen molar-refractivity contribution in [2.75, 3.05) is 26.5 Å². The standard InChI is InChI=1S/C27H25FN2O5S/c28-20-3-1-2-4-22(20)33-15-21-19-10-12-36-25(19)9-11-29(21)26(31)14-30(18-6-7-18)27(32)17-5-8-23-24(13-17)35-16-34-23/h1-5,8,10,12-13,18,21H,6-7,9,11,14-16H2/t21-/m0/s1. The summed E-state index contributed by atoms with van der Waals surface area (Å²) in [7, 11) is 0. The monoisotopic (exact) mass is 508 g/mol. The maximum Gasteiger partial charge on any atom is 0.254 e. The van der Waals surface area contributed by atoms with Gasteiger partial charge in [-0.25, -0.2) is 4.39 Å².